The molecule has 0 aromatic heterocycles. The molecule has 4 heteroatoms. The van der Waals surface area contributed by atoms with Gasteiger partial charge in [-0.3, -0.25) is 9.80 Å². The fraction of sp³-hybridized carbons (Fsp3) is 0.929. The van der Waals surface area contributed by atoms with Crippen LogP contribution in [-0.2, 0) is 9.53 Å². The van der Waals surface area contributed by atoms with Crippen LogP contribution in [0.25, 0.3) is 0 Å². The van der Waals surface area contributed by atoms with Crippen molar-refractivity contribution in [1.29, 1.82) is 0 Å². The number of nitrogens with zero attached hydrogens (tertiary/aromatic N) is 2. The highest BCUT2D eigenvalue weighted by atomic mass is 16.5. The normalized spacial score (nSPS) is 34.4. The van der Waals surface area contributed by atoms with E-state index in [0.717, 1.165) is 51.9 Å². The summed E-state index contributed by atoms with van der Waals surface area (Å²) in [5.74, 6) is 0. The first kappa shape index (κ1) is 14.0. The first-order chi connectivity index (χ1) is 8.47. The van der Waals surface area contributed by atoms with Gasteiger partial charge >= 0.3 is 0 Å². The molecule has 2 saturated heterocycles. The van der Waals surface area contributed by atoms with Crippen molar-refractivity contribution in [1.82, 2.24) is 9.80 Å². The first-order valence-electron chi connectivity index (χ1n) is 6.95. The highest BCUT2D eigenvalue weighted by Gasteiger charge is 2.38. The van der Waals surface area contributed by atoms with E-state index in [0.29, 0.717) is 6.61 Å². The molecule has 0 aromatic rings. The number of piperazine rings is 1. The molecule has 0 aromatic carbocycles. The van der Waals surface area contributed by atoms with Crippen molar-refractivity contribution in [2.24, 2.45) is 5.41 Å². The molecule has 2 aliphatic rings. The highest BCUT2D eigenvalue weighted by Crippen LogP contribution is 2.29. The van der Waals surface area contributed by atoms with Crippen LogP contribution in [0.15, 0.2) is 0 Å². The predicted octanol–water partition coefficient (Wildman–Crippen LogP) is 1.01. The SMILES string of the molecule is CN1CCN(CC2(C=O)CCCOC2)CC1(C)C. The zero-order chi connectivity index (χ0) is 13.2. The van der Waals surface area contributed by atoms with Crippen LogP contribution in [0.2, 0.25) is 0 Å². The van der Waals surface area contributed by atoms with Gasteiger partial charge in [0.05, 0.1) is 12.0 Å². The van der Waals surface area contributed by atoms with Crippen LogP contribution in [0, 0.1) is 5.41 Å². The average molecular weight is 254 g/mol. The molecule has 2 aliphatic heterocycles. The second-order valence-electron chi connectivity index (χ2n) is 6.58. The molecule has 0 N–H and O–H groups in total. The maximum absolute atomic E-state index is 11.5. The Kier molecular flexibility index (Phi) is 4.09. The zero-order valence-corrected chi connectivity index (χ0v) is 11.9. The largest absolute Gasteiger partial charge is 0.380 e. The average Bonchev–Trinajstić information content (AvgIpc) is 2.35. The van der Waals surface area contributed by atoms with Crippen molar-refractivity contribution in [3.05, 3.63) is 0 Å². The number of likely N-dealkylation sites (N-methyl/N-ethyl adjacent to an activating group) is 1. The predicted molar refractivity (Wildman–Crippen MR) is 71.7 cm³/mol. The lowest BCUT2D eigenvalue weighted by Gasteiger charge is -2.47. The summed E-state index contributed by atoms with van der Waals surface area (Å²) in [5.41, 5.74) is -0.0674. The molecule has 104 valence electrons. The summed E-state index contributed by atoms with van der Waals surface area (Å²) in [7, 11) is 2.18. The lowest BCUT2D eigenvalue weighted by atomic mass is 9.83. The van der Waals surface area contributed by atoms with E-state index in [4.69, 9.17) is 4.74 Å². The summed E-state index contributed by atoms with van der Waals surface area (Å²) < 4.78 is 5.52. The lowest BCUT2D eigenvalue weighted by Crippen LogP contribution is -2.59. The smallest absolute Gasteiger partial charge is 0.129 e. The molecule has 0 spiro atoms. The Bertz CT molecular complexity index is 298. The van der Waals surface area contributed by atoms with Crippen LogP contribution >= 0.6 is 0 Å². The van der Waals surface area contributed by atoms with Gasteiger partial charge < -0.3 is 9.53 Å². The van der Waals surface area contributed by atoms with Gasteiger partial charge in [-0.1, -0.05) is 0 Å². The minimum Gasteiger partial charge on any atom is -0.380 e. The Labute approximate surface area is 110 Å². The molecule has 1 atom stereocenters. The van der Waals surface area contributed by atoms with E-state index in [1.54, 1.807) is 0 Å². The van der Waals surface area contributed by atoms with Gasteiger partial charge in [0.2, 0.25) is 0 Å². The van der Waals surface area contributed by atoms with Crippen molar-refractivity contribution >= 4 is 6.29 Å². The van der Waals surface area contributed by atoms with Crippen molar-refractivity contribution in [2.75, 3.05) is 46.4 Å². The summed E-state index contributed by atoms with van der Waals surface area (Å²) in [6.07, 6.45) is 3.12. The monoisotopic (exact) mass is 254 g/mol. The number of hydrogen-bond acceptors (Lipinski definition) is 4. The third-order valence-electron chi connectivity index (χ3n) is 4.54. The molecule has 1 unspecified atom stereocenters. The summed E-state index contributed by atoms with van der Waals surface area (Å²) in [4.78, 5) is 16.3. The van der Waals surface area contributed by atoms with Crippen LogP contribution in [0.4, 0.5) is 0 Å². The number of rotatable bonds is 3. The third kappa shape index (κ3) is 2.92. The van der Waals surface area contributed by atoms with Gasteiger partial charge in [0.25, 0.3) is 0 Å². The van der Waals surface area contributed by atoms with Crippen LogP contribution in [-0.4, -0.2) is 68.1 Å². The lowest BCUT2D eigenvalue weighted by molar-refractivity contribution is -0.127. The molecule has 0 bridgehead atoms. The van der Waals surface area contributed by atoms with E-state index >= 15 is 0 Å². The molecular weight excluding hydrogens is 228 g/mol. The Morgan fingerprint density at radius 2 is 2.11 bits per heavy atom. The molecule has 0 radical (unpaired) electrons. The van der Waals surface area contributed by atoms with Crippen LogP contribution in [0.1, 0.15) is 26.7 Å². The van der Waals surface area contributed by atoms with Crippen molar-refractivity contribution in [2.45, 2.75) is 32.2 Å². The number of aldehydes is 1. The molecule has 0 aliphatic carbocycles. The molecule has 4 nitrogen and oxygen atoms in total. The van der Waals surface area contributed by atoms with Gasteiger partial charge in [-0.15, -0.1) is 0 Å². The fourth-order valence-electron chi connectivity index (χ4n) is 3.05. The molecule has 0 saturated carbocycles. The van der Waals surface area contributed by atoms with Crippen LogP contribution in [0.3, 0.4) is 0 Å². The van der Waals surface area contributed by atoms with Gasteiger partial charge in [-0.05, 0) is 33.7 Å². The minimum atomic E-state index is -0.260. The summed E-state index contributed by atoms with van der Waals surface area (Å²) >= 11 is 0. The highest BCUT2D eigenvalue weighted by molar-refractivity contribution is 5.60. The van der Waals surface area contributed by atoms with E-state index < -0.39 is 0 Å². The van der Waals surface area contributed by atoms with Crippen molar-refractivity contribution in [3.8, 4) is 0 Å². The number of carbonyl (C=O) groups excluding carboxylic acids is 1. The molecule has 18 heavy (non-hydrogen) atoms. The Balaban J connectivity index is 1.98. The maximum Gasteiger partial charge on any atom is 0.129 e. The van der Waals surface area contributed by atoms with Crippen LogP contribution < -0.4 is 0 Å². The molecule has 0 amide bonds. The first-order valence-corrected chi connectivity index (χ1v) is 6.95. The van der Waals surface area contributed by atoms with E-state index in [-0.39, 0.29) is 11.0 Å². The van der Waals surface area contributed by atoms with Gasteiger partial charge in [0.1, 0.15) is 6.29 Å². The van der Waals surface area contributed by atoms with E-state index in [1.807, 2.05) is 0 Å². The van der Waals surface area contributed by atoms with Crippen molar-refractivity contribution < 1.29 is 9.53 Å². The standard InChI is InChI=1S/C14H26N2O2/c1-13(2)9-16(7-6-15(13)3)10-14(11-17)5-4-8-18-12-14/h11H,4-10,12H2,1-3H3. The zero-order valence-electron chi connectivity index (χ0n) is 11.9. The van der Waals surface area contributed by atoms with E-state index in [1.165, 1.54) is 0 Å². The number of hydrogen-bond donors (Lipinski definition) is 0. The van der Waals surface area contributed by atoms with Gasteiger partial charge in [-0.25, -0.2) is 0 Å². The third-order valence-corrected chi connectivity index (χ3v) is 4.54. The quantitative estimate of drug-likeness (QED) is 0.704. The Hall–Kier alpha value is -0.450. The molecule has 2 fully saturated rings. The second kappa shape index (κ2) is 5.27. The van der Waals surface area contributed by atoms with Crippen molar-refractivity contribution in [3.63, 3.8) is 0 Å². The van der Waals surface area contributed by atoms with Gasteiger partial charge in [-0.2, -0.15) is 0 Å². The topological polar surface area (TPSA) is 32.8 Å². The van der Waals surface area contributed by atoms with Gasteiger partial charge in [0, 0.05) is 38.3 Å². The Morgan fingerprint density at radius 1 is 1.33 bits per heavy atom. The maximum atomic E-state index is 11.5. The number of carbonyl (C=O) groups is 1. The summed E-state index contributed by atoms with van der Waals surface area (Å²) in [6.45, 7) is 9.95. The van der Waals surface area contributed by atoms with Gasteiger partial charge in [0.15, 0.2) is 0 Å². The van der Waals surface area contributed by atoms with E-state index in [9.17, 15) is 4.79 Å². The molecule has 2 rings (SSSR count). The summed E-state index contributed by atoms with van der Waals surface area (Å²) in [6, 6.07) is 0. The fourth-order valence-corrected chi connectivity index (χ4v) is 3.05. The van der Waals surface area contributed by atoms with Crippen LogP contribution in [0.5, 0.6) is 0 Å². The number of ether oxygens (including phenoxy) is 1. The second-order valence-corrected chi connectivity index (χ2v) is 6.58. The minimum absolute atomic E-state index is 0.192. The Morgan fingerprint density at radius 3 is 2.67 bits per heavy atom. The van der Waals surface area contributed by atoms with E-state index in [2.05, 4.69) is 30.7 Å². The molecule has 2 heterocycles. The molecular formula is C14H26N2O2. The summed E-state index contributed by atoms with van der Waals surface area (Å²) in [5, 5.41) is 0.